The highest BCUT2D eigenvalue weighted by molar-refractivity contribution is 7.89. The van der Waals surface area contributed by atoms with Gasteiger partial charge in [0.1, 0.15) is 0 Å². The predicted molar refractivity (Wildman–Crippen MR) is 83.2 cm³/mol. The number of rotatable bonds is 8. The van der Waals surface area contributed by atoms with Crippen LogP contribution in [0.25, 0.3) is 0 Å². The maximum Gasteiger partial charge on any atom is 0.224 e. The number of nitrogens with two attached hydrogens (primary N) is 1. The fraction of sp³-hybridized carbons (Fsp3) is 0.500. The van der Waals surface area contributed by atoms with Gasteiger partial charge in [0.2, 0.25) is 15.9 Å². The number of carbonyl (C=O) groups excluding carboxylic acids is 1. The summed E-state index contributed by atoms with van der Waals surface area (Å²) in [7, 11) is -0.363. The van der Waals surface area contributed by atoms with Crippen LogP contribution in [0.3, 0.4) is 0 Å². The average Bonchev–Trinajstić information content (AvgIpc) is 2.45. The van der Waals surface area contributed by atoms with Crippen molar-refractivity contribution in [3.8, 4) is 0 Å². The number of benzene rings is 1. The first-order chi connectivity index (χ1) is 9.86. The Morgan fingerprint density at radius 1 is 1.29 bits per heavy atom. The third-order valence-electron chi connectivity index (χ3n) is 3.20. The molecule has 0 heterocycles. The smallest absolute Gasteiger partial charge is 0.224 e. The molecule has 6 nitrogen and oxygen atoms in total. The molecule has 3 N–H and O–H groups in total. The van der Waals surface area contributed by atoms with Gasteiger partial charge in [-0.3, -0.25) is 4.79 Å². The van der Waals surface area contributed by atoms with Gasteiger partial charge in [-0.05, 0) is 12.0 Å². The van der Waals surface area contributed by atoms with E-state index in [1.54, 1.807) is 0 Å². The summed E-state index contributed by atoms with van der Waals surface area (Å²) in [6.45, 7) is 0.311. The summed E-state index contributed by atoms with van der Waals surface area (Å²) >= 11 is 0. The third-order valence-corrected chi connectivity index (χ3v) is 5.03. The molecule has 118 valence electrons. The second kappa shape index (κ2) is 8.11. The molecule has 21 heavy (non-hydrogen) atoms. The molecular weight excluding hydrogens is 290 g/mol. The molecule has 1 aromatic rings. The normalized spacial score (nSPS) is 13.1. The Balaban J connectivity index is 2.49. The van der Waals surface area contributed by atoms with Crippen LogP contribution in [0.1, 0.15) is 5.56 Å². The number of hydrogen-bond acceptors (Lipinski definition) is 4. The van der Waals surface area contributed by atoms with Crippen molar-refractivity contribution in [1.82, 2.24) is 9.62 Å². The van der Waals surface area contributed by atoms with Crippen LogP contribution in [0, 0.1) is 5.92 Å². The number of sulfonamides is 1. The van der Waals surface area contributed by atoms with Crippen LogP contribution in [0.4, 0.5) is 0 Å². The largest absolute Gasteiger partial charge is 0.355 e. The first-order valence-electron chi connectivity index (χ1n) is 6.78. The molecule has 0 fully saturated rings. The van der Waals surface area contributed by atoms with E-state index in [1.165, 1.54) is 14.1 Å². The quantitative estimate of drug-likeness (QED) is 0.696. The van der Waals surface area contributed by atoms with Gasteiger partial charge in [0, 0.05) is 27.2 Å². The maximum absolute atomic E-state index is 12.0. The topological polar surface area (TPSA) is 92.5 Å². The van der Waals surface area contributed by atoms with Gasteiger partial charge in [-0.2, -0.15) is 0 Å². The minimum Gasteiger partial charge on any atom is -0.355 e. The van der Waals surface area contributed by atoms with Crippen LogP contribution in [0.15, 0.2) is 30.3 Å². The fourth-order valence-electron chi connectivity index (χ4n) is 1.81. The van der Waals surface area contributed by atoms with Crippen molar-refractivity contribution >= 4 is 15.9 Å². The Kier molecular flexibility index (Phi) is 6.80. The van der Waals surface area contributed by atoms with E-state index < -0.39 is 10.0 Å². The van der Waals surface area contributed by atoms with Crippen LogP contribution < -0.4 is 11.1 Å². The summed E-state index contributed by atoms with van der Waals surface area (Å²) in [5.74, 6) is -0.682. The lowest BCUT2D eigenvalue weighted by Gasteiger charge is -2.16. The number of nitrogens with zero attached hydrogens (tertiary/aromatic N) is 1. The van der Waals surface area contributed by atoms with Crippen molar-refractivity contribution in [3.05, 3.63) is 35.9 Å². The summed E-state index contributed by atoms with van der Waals surface area (Å²) < 4.78 is 24.3. The molecule has 7 heteroatoms. The average molecular weight is 313 g/mol. The number of amides is 1. The Hall–Kier alpha value is -1.44. The third kappa shape index (κ3) is 5.82. The van der Waals surface area contributed by atoms with Crippen molar-refractivity contribution < 1.29 is 13.2 Å². The number of hydrogen-bond donors (Lipinski definition) is 2. The zero-order valence-corrected chi connectivity index (χ0v) is 13.3. The monoisotopic (exact) mass is 313 g/mol. The van der Waals surface area contributed by atoms with Crippen LogP contribution >= 0.6 is 0 Å². The number of nitrogens with one attached hydrogen (secondary N) is 1. The van der Waals surface area contributed by atoms with E-state index in [0.29, 0.717) is 6.42 Å². The highest BCUT2D eigenvalue weighted by Crippen LogP contribution is 2.08. The van der Waals surface area contributed by atoms with Gasteiger partial charge >= 0.3 is 0 Å². The Labute approximate surface area is 126 Å². The molecule has 0 radical (unpaired) electrons. The summed E-state index contributed by atoms with van der Waals surface area (Å²) in [6, 6.07) is 9.60. The second-order valence-electron chi connectivity index (χ2n) is 5.01. The molecular formula is C14H23N3O3S. The number of carbonyl (C=O) groups is 1. The molecule has 0 bridgehead atoms. The molecule has 1 amide bonds. The Morgan fingerprint density at radius 2 is 1.90 bits per heavy atom. The first-order valence-corrected chi connectivity index (χ1v) is 8.39. The van der Waals surface area contributed by atoms with Crippen LogP contribution in [-0.2, 0) is 21.2 Å². The molecule has 0 aliphatic heterocycles. The summed E-state index contributed by atoms with van der Waals surface area (Å²) in [4.78, 5) is 12.0. The predicted octanol–water partition coefficient (Wildman–Crippen LogP) is -0.188. The lowest BCUT2D eigenvalue weighted by atomic mass is 9.99. The molecule has 0 spiro atoms. The van der Waals surface area contributed by atoms with E-state index >= 15 is 0 Å². The molecule has 0 saturated heterocycles. The molecule has 0 aliphatic rings. The molecule has 0 aromatic heterocycles. The Bertz CT molecular complexity index is 544. The lowest BCUT2D eigenvalue weighted by molar-refractivity contribution is -0.124. The molecule has 1 rings (SSSR count). The minimum absolute atomic E-state index is 0.0879. The van der Waals surface area contributed by atoms with Crippen molar-refractivity contribution in [3.63, 3.8) is 0 Å². The molecule has 0 saturated carbocycles. The van der Waals surface area contributed by atoms with Gasteiger partial charge in [0.25, 0.3) is 0 Å². The minimum atomic E-state index is -3.30. The summed E-state index contributed by atoms with van der Waals surface area (Å²) in [5.41, 5.74) is 6.67. The van der Waals surface area contributed by atoms with Crippen LogP contribution in [-0.4, -0.2) is 51.6 Å². The molecule has 1 atom stereocenters. The fourth-order valence-corrected chi connectivity index (χ4v) is 2.54. The summed E-state index contributed by atoms with van der Waals surface area (Å²) in [6.07, 6.45) is 0.545. The standard InChI is InChI=1S/C14H23N3O3S/c1-17(2)21(19,20)9-8-16-14(18)13(11-15)10-12-6-4-3-5-7-12/h3-7,13H,8-11,15H2,1-2H3,(H,16,18). The van der Waals surface area contributed by atoms with Crippen molar-refractivity contribution in [2.75, 3.05) is 32.9 Å². The van der Waals surface area contributed by atoms with Gasteiger partial charge in [0.05, 0.1) is 11.7 Å². The molecule has 1 aromatic carbocycles. The van der Waals surface area contributed by atoms with Crippen LogP contribution in [0.5, 0.6) is 0 Å². The van der Waals surface area contributed by atoms with Gasteiger partial charge in [0.15, 0.2) is 0 Å². The molecule has 0 aliphatic carbocycles. The Morgan fingerprint density at radius 3 is 2.43 bits per heavy atom. The lowest BCUT2D eigenvalue weighted by Crippen LogP contribution is -2.39. The van der Waals surface area contributed by atoms with E-state index in [9.17, 15) is 13.2 Å². The first kappa shape index (κ1) is 17.6. The zero-order chi connectivity index (χ0) is 15.9. The van der Waals surface area contributed by atoms with Gasteiger partial charge in [-0.25, -0.2) is 12.7 Å². The maximum atomic E-state index is 12.0. The van der Waals surface area contributed by atoms with E-state index in [2.05, 4.69) is 5.32 Å². The van der Waals surface area contributed by atoms with E-state index in [4.69, 9.17) is 5.73 Å². The zero-order valence-electron chi connectivity index (χ0n) is 12.5. The van der Waals surface area contributed by atoms with E-state index in [0.717, 1.165) is 9.87 Å². The highest BCUT2D eigenvalue weighted by atomic mass is 32.2. The van der Waals surface area contributed by atoms with Crippen molar-refractivity contribution in [2.45, 2.75) is 6.42 Å². The van der Waals surface area contributed by atoms with Gasteiger partial charge < -0.3 is 11.1 Å². The summed E-state index contributed by atoms with van der Waals surface area (Å²) in [5, 5.41) is 2.64. The van der Waals surface area contributed by atoms with Crippen LogP contribution in [0.2, 0.25) is 0 Å². The second-order valence-corrected chi connectivity index (χ2v) is 7.31. The van der Waals surface area contributed by atoms with Crippen molar-refractivity contribution in [2.24, 2.45) is 11.7 Å². The van der Waals surface area contributed by atoms with E-state index in [-0.39, 0.29) is 30.7 Å². The van der Waals surface area contributed by atoms with Gasteiger partial charge in [-0.15, -0.1) is 0 Å². The molecule has 1 unspecified atom stereocenters. The van der Waals surface area contributed by atoms with Crippen molar-refractivity contribution in [1.29, 1.82) is 0 Å². The highest BCUT2D eigenvalue weighted by Gasteiger charge is 2.19. The van der Waals surface area contributed by atoms with E-state index in [1.807, 2.05) is 30.3 Å². The van der Waals surface area contributed by atoms with Gasteiger partial charge in [-0.1, -0.05) is 30.3 Å². The SMILES string of the molecule is CN(C)S(=O)(=O)CCNC(=O)C(CN)Cc1ccccc1.